The molecule has 0 bridgehead atoms. The van der Waals surface area contributed by atoms with E-state index in [0.717, 1.165) is 5.56 Å². The molecule has 0 spiro atoms. The second-order valence-electron chi connectivity index (χ2n) is 5.91. The van der Waals surface area contributed by atoms with Crippen LogP contribution in [0.4, 0.5) is 0 Å². The van der Waals surface area contributed by atoms with Gasteiger partial charge in [0.1, 0.15) is 6.04 Å². The van der Waals surface area contributed by atoms with Gasteiger partial charge in [0.2, 0.25) is 11.8 Å². The molecule has 1 heterocycles. The Morgan fingerprint density at radius 3 is 2.42 bits per heavy atom. The van der Waals surface area contributed by atoms with Crippen molar-refractivity contribution in [3.05, 3.63) is 65.2 Å². The number of nitrogens with one attached hydrogen (secondary N) is 1. The number of hydrogen-bond acceptors (Lipinski definition) is 4. The third kappa shape index (κ3) is 3.73. The van der Waals surface area contributed by atoms with Gasteiger partial charge in [-0.3, -0.25) is 9.59 Å². The number of halogens is 1. The number of nitrogens with zero attached hydrogens (tertiary/aromatic N) is 1. The minimum Gasteiger partial charge on any atom is -0.350 e. The second-order valence-corrected chi connectivity index (χ2v) is 8.16. The van der Waals surface area contributed by atoms with E-state index in [4.69, 9.17) is 11.6 Å². The van der Waals surface area contributed by atoms with E-state index >= 15 is 0 Å². The standard InChI is InChI=1S/C18H17ClN2O4S/c19-14-8-6-13(7-9-14)12-20-18(23)16-10-11-17(22)21(16)26(24,25)15-4-2-1-3-5-15/h1-9,16H,10-12H2,(H,20,23). The lowest BCUT2D eigenvalue weighted by Crippen LogP contribution is -2.47. The first-order valence-electron chi connectivity index (χ1n) is 8.04. The van der Waals surface area contributed by atoms with Gasteiger partial charge in [-0.2, -0.15) is 0 Å². The maximum Gasteiger partial charge on any atom is 0.267 e. The van der Waals surface area contributed by atoms with Gasteiger partial charge in [0.15, 0.2) is 0 Å². The molecule has 2 aromatic rings. The monoisotopic (exact) mass is 392 g/mol. The lowest BCUT2D eigenvalue weighted by atomic mass is 10.2. The van der Waals surface area contributed by atoms with Crippen molar-refractivity contribution in [2.45, 2.75) is 30.3 Å². The molecule has 6 nitrogen and oxygen atoms in total. The van der Waals surface area contributed by atoms with Crippen LogP contribution in [0.1, 0.15) is 18.4 Å². The molecular formula is C18H17ClN2O4S. The number of sulfonamides is 1. The van der Waals surface area contributed by atoms with Crippen LogP contribution in [0.5, 0.6) is 0 Å². The van der Waals surface area contributed by atoms with Crippen LogP contribution in [0.2, 0.25) is 5.02 Å². The highest BCUT2D eigenvalue weighted by atomic mass is 35.5. The molecule has 3 rings (SSSR count). The van der Waals surface area contributed by atoms with E-state index in [1.54, 1.807) is 42.5 Å². The van der Waals surface area contributed by atoms with Gasteiger partial charge in [0.05, 0.1) is 4.90 Å². The average molecular weight is 393 g/mol. The van der Waals surface area contributed by atoms with Gasteiger partial charge in [-0.25, -0.2) is 12.7 Å². The molecule has 0 aromatic heterocycles. The smallest absolute Gasteiger partial charge is 0.267 e. The SMILES string of the molecule is O=C(NCc1ccc(Cl)cc1)C1CCC(=O)N1S(=O)(=O)c1ccccc1. The Morgan fingerprint density at radius 2 is 1.77 bits per heavy atom. The van der Waals surface area contributed by atoms with E-state index in [1.807, 2.05) is 0 Å². The molecule has 2 amide bonds. The molecule has 2 aromatic carbocycles. The molecule has 0 aliphatic carbocycles. The third-order valence-corrected chi connectivity index (χ3v) is 6.24. The van der Waals surface area contributed by atoms with Crippen LogP contribution in [-0.2, 0) is 26.2 Å². The molecule has 1 aliphatic heterocycles. The lowest BCUT2D eigenvalue weighted by molar-refractivity contribution is -0.130. The fourth-order valence-electron chi connectivity index (χ4n) is 2.82. The molecule has 1 atom stereocenters. The third-order valence-electron chi connectivity index (χ3n) is 4.14. The summed E-state index contributed by atoms with van der Waals surface area (Å²) >= 11 is 5.82. The zero-order valence-electron chi connectivity index (χ0n) is 13.8. The minimum absolute atomic E-state index is 0.00856. The van der Waals surface area contributed by atoms with Crippen molar-refractivity contribution >= 4 is 33.4 Å². The zero-order chi connectivity index (χ0) is 18.7. The summed E-state index contributed by atoms with van der Waals surface area (Å²) in [5, 5.41) is 3.28. The van der Waals surface area contributed by atoms with E-state index in [9.17, 15) is 18.0 Å². The molecule has 1 saturated heterocycles. The summed E-state index contributed by atoms with van der Waals surface area (Å²) < 4.78 is 26.3. The van der Waals surface area contributed by atoms with Crippen LogP contribution < -0.4 is 5.32 Å². The summed E-state index contributed by atoms with van der Waals surface area (Å²) in [6.45, 7) is 0.222. The first-order chi connectivity index (χ1) is 12.4. The Morgan fingerprint density at radius 1 is 1.12 bits per heavy atom. The molecule has 1 N–H and O–H groups in total. The number of benzene rings is 2. The Labute approximate surface area is 156 Å². The predicted octanol–water partition coefficient (Wildman–Crippen LogP) is 2.34. The minimum atomic E-state index is -4.07. The number of carbonyl (C=O) groups is 2. The van der Waals surface area contributed by atoms with Crippen molar-refractivity contribution in [3.63, 3.8) is 0 Å². The number of hydrogen-bond donors (Lipinski definition) is 1. The summed E-state index contributed by atoms with van der Waals surface area (Å²) in [5.74, 6) is -1.06. The molecule has 1 fully saturated rings. The van der Waals surface area contributed by atoms with Crippen molar-refractivity contribution in [2.24, 2.45) is 0 Å². The summed E-state index contributed by atoms with van der Waals surface area (Å²) in [5.41, 5.74) is 0.824. The number of rotatable bonds is 5. The molecule has 1 aliphatic rings. The number of carbonyl (C=O) groups excluding carboxylic acids is 2. The van der Waals surface area contributed by atoms with Crippen molar-refractivity contribution in [1.29, 1.82) is 0 Å². The van der Waals surface area contributed by atoms with Crippen LogP contribution in [0.25, 0.3) is 0 Å². The van der Waals surface area contributed by atoms with Gasteiger partial charge < -0.3 is 5.32 Å². The van der Waals surface area contributed by atoms with Crippen molar-refractivity contribution in [3.8, 4) is 0 Å². The molecule has 136 valence electrons. The highest BCUT2D eigenvalue weighted by Gasteiger charge is 2.44. The van der Waals surface area contributed by atoms with Crippen LogP contribution in [0.3, 0.4) is 0 Å². The Kier molecular flexibility index (Phi) is 5.29. The molecule has 0 radical (unpaired) electrons. The lowest BCUT2D eigenvalue weighted by Gasteiger charge is -2.23. The van der Waals surface area contributed by atoms with Gasteiger partial charge in [-0.15, -0.1) is 0 Å². The van der Waals surface area contributed by atoms with Crippen LogP contribution in [0, 0.1) is 0 Å². The van der Waals surface area contributed by atoms with Gasteiger partial charge >= 0.3 is 0 Å². The van der Waals surface area contributed by atoms with Crippen molar-refractivity contribution in [1.82, 2.24) is 9.62 Å². The van der Waals surface area contributed by atoms with E-state index in [0.29, 0.717) is 9.33 Å². The highest BCUT2D eigenvalue weighted by Crippen LogP contribution is 2.27. The van der Waals surface area contributed by atoms with Gasteiger partial charge in [-0.1, -0.05) is 41.9 Å². The maximum atomic E-state index is 12.8. The Balaban J connectivity index is 1.77. The van der Waals surface area contributed by atoms with Crippen molar-refractivity contribution in [2.75, 3.05) is 0 Å². The molecule has 1 unspecified atom stereocenters. The summed E-state index contributed by atoms with van der Waals surface area (Å²) in [6.07, 6.45) is 0.183. The molecule has 0 saturated carbocycles. The average Bonchev–Trinajstić information content (AvgIpc) is 3.04. The largest absolute Gasteiger partial charge is 0.350 e. The van der Waals surface area contributed by atoms with Crippen LogP contribution in [-0.4, -0.2) is 30.6 Å². The zero-order valence-corrected chi connectivity index (χ0v) is 15.3. The molecule has 8 heteroatoms. The fourth-order valence-corrected chi connectivity index (χ4v) is 4.57. The quantitative estimate of drug-likeness (QED) is 0.846. The van der Waals surface area contributed by atoms with Crippen LogP contribution in [0.15, 0.2) is 59.5 Å². The summed E-state index contributed by atoms with van der Waals surface area (Å²) in [4.78, 5) is 24.7. The fraction of sp³-hybridized carbons (Fsp3) is 0.222. The van der Waals surface area contributed by atoms with Gasteiger partial charge in [0.25, 0.3) is 10.0 Å². The second kappa shape index (κ2) is 7.47. The predicted molar refractivity (Wildman–Crippen MR) is 96.8 cm³/mol. The van der Waals surface area contributed by atoms with E-state index in [-0.39, 0.29) is 24.3 Å². The Hall–Kier alpha value is -2.38. The first-order valence-corrected chi connectivity index (χ1v) is 9.86. The van der Waals surface area contributed by atoms with Gasteiger partial charge in [-0.05, 0) is 36.2 Å². The summed E-state index contributed by atoms with van der Waals surface area (Å²) in [7, 11) is -4.07. The van der Waals surface area contributed by atoms with Gasteiger partial charge in [0, 0.05) is 18.0 Å². The van der Waals surface area contributed by atoms with E-state index < -0.39 is 27.9 Å². The summed E-state index contributed by atoms with van der Waals surface area (Å²) in [6, 6.07) is 13.5. The first kappa shape index (κ1) is 18.4. The topological polar surface area (TPSA) is 83.6 Å². The highest BCUT2D eigenvalue weighted by molar-refractivity contribution is 7.89. The maximum absolute atomic E-state index is 12.8. The Bertz CT molecular complexity index is 914. The normalized spacial score (nSPS) is 17.3. The van der Waals surface area contributed by atoms with Crippen LogP contribution >= 0.6 is 11.6 Å². The van der Waals surface area contributed by atoms with E-state index in [2.05, 4.69) is 5.32 Å². The number of amides is 2. The molecule has 26 heavy (non-hydrogen) atoms. The molecular weight excluding hydrogens is 376 g/mol. The van der Waals surface area contributed by atoms with E-state index in [1.165, 1.54) is 12.1 Å². The van der Waals surface area contributed by atoms with Crippen molar-refractivity contribution < 1.29 is 18.0 Å².